The summed E-state index contributed by atoms with van der Waals surface area (Å²) in [6, 6.07) is 4.38. The first-order valence-electron chi connectivity index (χ1n) is 7.39. The molecular weight excluding hydrogens is 236 g/mol. The molecule has 0 aliphatic carbocycles. The molecule has 1 aromatic heterocycles. The minimum absolute atomic E-state index is 0.916. The topological polar surface area (TPSA) is 31.4 Å². The molecule has 1 N–H and O–H groups in total. The number of piperazine rings is 1. The van der Waals surface area contributed by atoms with Gasteiger partial charge in [-0.3, -0.25) is 0 Å². The molecule has 1 aromatic rings. The van der Waals surface area contributed by atoms with Crippen LogP contribution < -0.4 is 10.2 Å². The molecule has 0 atom stereocenters. The summed E-state index contributed by atoms with van der Waals surface area (Å²) in [6.07, 6.45) is 0. The average molecular weight is 262 g/mol. The second kappa shape index (κ2) is 6.87. The van der Waals surface area contributed by atoms with Gasteiger partial charge in [0, 0.05) is 38.4 Å². The molecule has 106 valence electrons. The van der Waals surface area contributed by atoms with Crippen LogP contribution in [0.1, 0.15) is 25.1 Å². The minimum Gasteiger partial charge on any atom is -0.354 e. The molecule has 0 spiro atoms. The summed E-state index contributed by atoms with van der Waals surface area (Å²) in [5, 5.41) is 3.36. The number of hydrogen-bond donors (Lipinski definition) is 1. The summed E-state index contributed by atoms with van der Waals surface area (Å²) < 4.78 is 0. The Labute approximate surface area is 116 Å². The maximum atomic E-state index is 4.77. The number of pyridine rings is 1. The first-order valence-corrected chi connectivity index (χ1v) is 7.39. The zero-order valence-corrected chi connectivity index (χ0v) is 12.4. The van der Waals surface area contributed by atoms with Crippen LogP contribution in [0.4, 0.5) is 5.82 Å². The Bertz CT molecular complexity index is 397. The highest BCUT2D eigenvalue weighted by atomic mass is 15.3. The van der Waals surface area contributed by atoms with Gasteiger partial charge in [0.05, 0.1) is 0 Å². The summed E-state index contributed by atoms with van der Waals surface area (Å²) in [7, 11) is 0. The van der Waals surface area contributed by atoms with Crippen molar-refractivity contribution in [2.24, 2.45) is 0 Å². The van der Waals surface area contributed by atoms with E-state index in [0.717, 1.165) is 57.3 Å². The fourth-order valence-corrected chi connectivity index (χ4v) is 2.49. The van der Waals surface area contributed by atoms with Crippen LogP contribution in [0.2, 0.25) is 0 Å². The number of nitrogens with one attached hydrogen (secondary N) is 1. The lowest BCUT2D eigenvalue weighted by atomic mass is 10.2. The fraction of sp³-hybridized carbons (Fsp3) is 0.667. The normalized spacial score (nSPS) is 16.9. The van der Waals surface area contributed by atoms with Gasteiger partial charge >= 0.3 is 0 Å². The average Bonchev–Trinajstić information content (AvgIpc) is 2.46. The lowest BCUT2D eigenvalue weighted by molar-refractivity contribution is 0.270. The highest BCUT2D eigenvalue weighted by molar-refractivity contribution is 5.42. The van der Waals surface area contributed by atoms with E-state index in [2.05, 4.69) is 48.0 Å². The van der Waals surface area contributed by atoms with Crippen molar-refractivity contribution in [3.05, 3.63) is 23.4 Å². The van der Waals surface area contributed by atoms with Crippen LogP contribution in [0.25, 0.3) is 0 Å². The predicted octanol–water partition coefficient (Wildman–Crippen LogP) is 1.64. The van der Waals surface area contributed by atoms with Crippen molar-refractivity contribution in [3.63, 3.8) is 0 Å². The van der Waals surface area contributed by atoms with Crippen LogP contribution in [-0.4, -0.2) is 49.2 Å². The van der Waals surface area contributed by atoms with Crippen molar-refractivity contribution in [2.45, 2.75) is 27.3 Å². The van der Waals surface area contributed by atoms with Crippen LogP contribution >= 0.6 is 0 Å². The highest BCUT2D eigenvalue weighted by Gasteiger charge is 2.17. The minimum atomic E-state index is 0.916. The van der Waals surface area contributed by atoms with E-state index < -0.39 is 0 Å². The summed E-state index contributed by atoms with van der Waals surface area (Å²) in [4.78, 5) is 9.66. The summed E-state index contributed by atoms with van der Waals surface area (Å²) in [6.45, 7) is 14.0. The Hall–Kier alpha value is -1.13. The predicted molar refractivity (Wildman–Crippen MR) is 80.7 cm³/mol. The van der Waals surface area contributed by atoms with Gasteiger partial charge in [0.1, 0.15) is 5.82 Å². The Kier molecular flexibility index (Phi) is 5.16. The molecule has 1 aliphatic rings. The zero-order chi connectivity index (χ0) is 13.7. The van der Waals surface area contributed by atoms with Gasteiger partial charge < -0.3 is 15.1 Å². The third-order valence-corrected chi connectivity index (χ3v) is 3.89. The second-order valence-corrected chi connectivity index (χ2v) is 5.12. The zero-order valence-electron chi connectivity index (χ0n) is 12.4. The molecule has 4 heteroatoms. The molecule has 1 fully saturated rings. The molecule has 2 rings (SSSR count). The van der Waals surface area contributed by atoms with E-state index in [4.69, 9.17) is 4.98 Å². The van der Waals surface area contributed by atoms with E-state index in [1.54, 1.807) is 0 Å². The SMILES string of the molecule is CCNCc1ccc(N2CCN(CC)CC2)nc1C. The van der Waals surface area contributed by atoms with Gasteiger partial charge in [-0.05, 0) is 31.6 Å². The molecular formula is C15H26N4. The van der Waals surface area contributed by atoms with Gasteiger partial charge in [-0.25, -0.2) is 4.98 Å². The molecule has 1 aliphatic heterocycles. The van der Waals surface area contributed by atoms with Crippen molar-refractivity contribution >= 4 is 5.82 Å². The van der Waals surface area contributed by atoms with Crippen LogP contribution in [-0.2, 0) is 6.54 Å². The third kappa shape index (κ3) is 3.67. The van der Waals surface area contributed by atoms with Crippen molar-refractivity contribution in [1.82, 2.24) is 15.2 Å². The number of hydrogen-bond acceptors (Lipinski definition) is 4. The van der Waals surface area contributed by atoms with Crippen molar-refractivity contribution < 1.29 is 0 Å². The Morgan fingerprint density at radius 2 is 1.89 bits per heavy atom. The van der Waals surface area contributed by atoms with E-state index in [1.165, 1.54) is 5.56 Å². The van der Waals surface area contributed by atoms with Crippen molar-refractivity contribution in [3.8, 4) is 0 Å². The summed E-state index contributed by atoms with van der Waals surface area (Å²) >= 11 is 0. The van der Waals surface area contributed by atoms with Crippen molar-refractivity contribution in [1.29, 1.82) is 0 Å². The van der Waals surface area contributed by atoms with Crippen LogP contribution in [0, 0.1) is 6.92 Å². The molecule has 1 saturated heterocycles. The second-order valence-electron chi connectivity index (χ2n) is 5.12. The Morgan fingerprint density at radius 3 is 2.47 bits per heavy atom. The first kappa shape index (κ1) is 14.3. The molecule has 4 nitrogen and oxygen atoms in total. The molecule has 0 unspecified atom stereocenters. The van der Waals surface area contributed by atoms with Gasteiger partial charge in [-0.15, -0.1) is 0 Å². The van der Waals surface area contributed by atoms with Gasteiger partial charge in [-0.1, -0.05) is 19.9 Å². The van der Waals surface area contributed by atoms with Crippen molar-refractivity contribution in [2.75, 3.05) is 44.2 Å². The summed E-state index contributed by atoms with van der Waals surface area (Å²) in [5.74, 6) is 1.13. The van der Waals surface area contributed by atoms with Crippen LogP contribution in [0.3, 0.4) is 0 Å². The largest absolute Gasteiger partial charge is 0.354 e. The summed E-state index contributed by atoms with van der Waals surface area (Å²) in [5.41, 5.74) is 2.45. The molecule has 2 heterocycles. The van der Waals surface area contributed by atoms with Crippen LogP contribution in [0.15, 0.2) is 12.1 Å². The maximum Gasteiger partial charge on any atom is 0.128 e. The smallest absolute Gasteiger partial charge is 0.128 e. The van der Waals surface area contributed by atoms with Gasteiger partial charge in [0.25, 0.3) is 0 Å². The quantitative estimate of drug-likeness (QED) is 0.874. The molecule has 0 bridgehead atoms. The van der Waals surface area contributed by atoms with E-state index >= 15 is 0 Å². The molecule has 0 amide bonds. The third-order valence-electron chi connectivity index (χ3n) is 3.89. The van der Waals surface area contributed by atoms with E-state index in [0.29, 0.717) is 0 Å². The Balaban J connectivity index is 1.99. The standard InChI is InChI=1S/C15H26N4/c1-4-16-12-14-6-7-15(17-13(14)3)19-10-8-18(5-2)9-11-19/h6-7,16H,4-5,8-12H2,1-3H3. The number of rotatable bonds is 5. The number of aromatic nitrogens is 1. The van der Waals surface area contributed by atoms with E-state index in [1.807, 2.05) is 0 Å². The van der Waals surface area contributed by atoms with E-state index in [9.17, 15) is 0 Å². The van der Waals surface area contributed by atoms with E-state index in [-0.39, 0.29) is 0 Å². The molecule has 0 aromatic carbocycles. The molecule has 19 heavy (non-hydrogen) atoms. The number of anilines is 1. The molecule has 0 radical (unpaired) electrons. The number of likely N-dealkylation sites (N-methyl/N-ethyl adjacent to an activating group) is 1. The van der Waals surface area contributed by atoms with Gasteiger partial charge in [0.15, 0.2) is 0 Å². The maximum absolute atomic E-state index is 4.77. The Morgan fingerprint density at radius 1 is 1.16 bits per heavy atom. The lowest BCUT2D eigenvalue weighted by Gasteiger charge is -2.35. The monoisotopic (exact) mass is 262 g/mol. The fourth-order valence-electron chi connectivity index (χ4n) is 2.49. The molecule has 0 saturated carbocycles. The number of aryl methyl sites for hydroxylation is 1. The lowest BCUT2D eigenvalue weighted by Crippen LogP contribution is -2.46. The van der Waals surface area contributed by atoms with Crippen LogP contribution in [0.5, 0.6) is 0 Å². The van der Waals surface area contributed by atoms with Gasteiger partial charge in [0.2, 0.25) is 0 Å². The highest BCUT2D eigenvalue weighted by Crippen LogP contribution is 2.16. The first-order chi connectivity index (χ1) is 9.24. The van der Waals surface area contributed by atoms with Gasteiger partial charge in [-0.2, -0.15) is 0 Å². The number of nitrogens with zero attached hydrogens (tertiary/aromatic N) is 3.